The molecule has 2 aromatic rings. The second-order valence-corrected chi connectivity index (χ2v) is 8.89. The summed E-state index contributed by atoms with van der Waals surface area (Å²) in [6, 6.07) is 18.4. The average molecular weight is 423 g/mol. The van der Waals surface area contributed by atoms with Crippen LogP contribution < -0.4 is 0 Å². The van der Waals surface area contributed by atoms with Gasteiger partial charge in [-0.25, -0.2) is 0 Å². The summed E-state index contributed by atoms with van der Waals surface area (Å²) in [7, 11) is 0. The number of allylic oxidation sites excluding steroid dienone is 1. The Balaban J connectivity index is 0.000000567. The molecular formula is C28H39OP. The van der Waals surface area contributed by atoms with E-state index in [0.717, 1.165) is 42.4 Å². The fourth-order valence-electron chi connectivity index (χ4n) is 3.03. The van der Waals surface area contributed by atoms with Crippen LogP contribution in [0.1, 0.15) is 76.7 Å². The third kappa shape index (κ3) is 8.10. The van der Waals surface area contributed by atoms with Crippen LogP contribution in [0.5, 0.6) is 0 Å². The zero-order valence-electron chi connectivity index (χ0n) is 19.5. The summed E-state index contributed by atoms with van der Waals surface area (Å²) < 4.78 is 0. The van der Waals surface area contributed by atoms with Crippen LogP contribution in [0.15, 0.2) is 65.7 Å². The molecule has 0 radical (unpaired) electrons. The monoisotopic (exact) mass is 422 g/mol. The number of rotatable bonds is 7. The van der Waals surface area contributed by atoms with Gasteiger partial charge >= 0.3 is 0 Å². The molecular weight excluding hydrogens is 383 g/mol. The normalized spacial score (nSPS) is 13.1. The smallest absolute Gasteiger partial charge is 0.113 e. The highest BCUT2D eigenvalue weighted by Gasteiger charge is 2.20. The van der Waals surface area contributed by atoms with Gasteiger partial charge in [0.15, 0.2) is 0 Å². The van der Waals surface area contributed by atoms with Gasteiger partial charge in [0.1, 0.15) is 6.10 Å². The van der Waals surface area contributed by atoms with Crippen molar-refractivity contribution < 1.29 is 5.11 Å². The summed E-state index contributed by atoms with van der Waals surface area (Å²) >= 11 is 0. The third-order valence-electron chi connectivity index (χ3n) is 5.40. The molecule has 3 rings (SSSR count). The maximum absolute atomic E-state index is 10.5. The number of hydrogen-bond donors (Lipinski definition) is 1. The minimum Gasteiger partial charge on any atom is -0.383 e. The van der Waals surface area contributed by atoms with E-state index < -0.39 is 6.10 Å². The van der Waals surface area contributed by atoms with Crippen molar-refractivity contribution in [3.8, 4) is 11.8 Å². The van der Waals surface area contributed by atoms with Crippen molar-refractivity contribution in [1.29, 1.82) is 0 Å². The second-order valence-electron chi connectivity index (χ2n) is 8.89. The topological polar surface area (TPSA) is 20.2 Å². The van der Waals surface area contributed by atoms with E-state index in [-0.39, 0.29) is 9.90 Å². The van der Waals surface area contributed by atoms with Gasteiger partial charge in [-0.1, -0.05) is 114 Å². The minimum absolute atomic E-state index is 0. The molecule has 30 heavy (non-hydrogen) atoms. The average Bonchev–Trinajstić information content (AvgIpc) is 2.69. The summed E-state index contributed by atoms with van der Waals surface area (Å²) in [4.78, 5) is 0. The van der Waals surface area contributed by atoms with E-state index in [4.69, 9.17) is 0 Å². The Hall–Kier alpha value is -1.87. The highest BCUT2D eigenvalue weighted by Crippen LogP contribution is 2.30. The highest BCUT2D eigenvalue weighted by atomic mass is 31.0. The SMILES string of the molecule is CCC(C)(C)C.CCCc1ccccc1CCC1=C([C@@H](O)c2ccccc2)C#C1.P. The number of aliphatic hydroxyl groups excluding tert-OH is 1. The molecule has 0 aromatic heterocycles. The summed E-state index contributed by atoms with van der Waals surface area (Å²) in [5, 5.41) is 10.5. The lowest BCUT2D eigenvalue weighted by Crippen LogP contribution is -2.09. The Morgan fingerprint density at radius 1 is 0.800 bits per heavy atom. The van der Waals surface area contributed by atoms with Crippen LogP contribution >= 0.6 is 9.90 Å². The van der Waals surface area contributed by atoms with Crippen LogP contribution in [0, 0.1) is 17.3 Å². The van der Waals surface area contributed by atoms with Gasteiger partial charge in [0, 0.05) is 11.1 Å². The first-order chi connectivity index (χ1) is 13.9. The lowest BCUT2D eigenvalue weighted by atomic mass is 9.88. The Morgan fingerprint density at radius 3 is 1.80 bits per heavy atom. The van der Waals surface area contributed by atoms with E-state index in [1.807, 2.05) is 30.3 Å². The highest BCUT2D eigenvalue weighted by molar-refractivity contribution is 6.92. The summed E-state index contributed by atoms with van der Waals surface area (Å²) in [6.45, 7) is 11.2. The van der Waals surface area contributed by atoms with Gasteiger partial charge in [-0.3, -0.25) is 0 Å². The Morgan fingerprint density at radius 2 is 1.33 bits per heavy atom. The maximum Gasteiger partial charge on any atom is 0.113 e. The van der Waals surface area contributed by atoms with Crippen LogP contribution in [0.4, 0.5) is 0 Å². The van der Waals surface area contributed by atoms with Crippen molar-refractivity contribution in [2.75, 3.05) is 0 Å². The standard InChI is InChI=1S/C22H22O.C6H14.H3P/c1-2-8-17-9-6-7-10-18(17)13-14-19-15-16-21(19)22(23)20-11-4-3-5-12-20;1-5-6(2,3)4;/h3-7,9-12,22-23H,2,8,13-14H2,1H3;5H2,1-4H3;1H3/t22-;;/m0../s1. The Kier molecular flexibility index (Phi) is 11.1. The number of aliphatic hydroxyl groups is 1. The van der Waals surface area contributed by atoms with E-state index in [2.05, 4.69) is 70.7 Å². The van der Waals surface area contributed by atoms with Crippen LogP contribution in [0.2, 0.25) is 0 Å². The van der Waals surface area contributed by atoms with Gasteiger partial charge in [0.05, 0.1) is 0 Å². The van der Waals surface area contributed by atoms with E-state index in [1.54, 1.807) is 0 Å². The van der Waals surface area contributed by atoms with Crippen molar-refractivity contribution in [3.05, 3.63) is 82.4 Å². The first kappa shape index (κ1) is 26.2. The van der Waals surface area contributed by atoms with Crippen molar-refractivity contribution in [1.82, 2.24) is 0 Å². The molecule has 1 unspecified atom stereocenters. The number of hydrogen-bond acceptors (Lipinski definition) is 1. The lowest BCUT2D eigenvalue weighted by molar-refractivity contribution is 0.219. The molecule has 2 atom stereocenters. The fraction of sp³-hybridized carbons (Fsp3) is 0.429. The summed E-state index contributed by atoms with van der Waals surface area (Å²) in [6.07, 6.45) is 4.88. The van der Waals surface area contributed by atoms with Gasteiger partial charge in [-0.15, -0.1) is 0 Å². The van der Waals surface area contributed by atoms with Crippen molar-refractivity contribution in [2.24, 2.45) is 5.41 Å². The van der Waals surface area contributed by atoms with Crippen LogP contribution in [0.3, 0.4) is 0 Å². The van der Waals surface area contributed by atoms with Gasteiger partial charge in [0.2, 0.25) is 0 Å². The van der Waals surface area contributed by atoms with E-state index in [1.165, 1.54) is 17.5 Å². The molecule has 0 spiro atoms. The molecule has 0 saturated heterocycles. The van der Waals surface area contributed by atoms with Crippen LogP contribution in [-0.2, 0) is 12.8 Å². The van der Waals surface area contributed by atoms with Gasteiger partial charge < -0.3 is 5.11 Å². The third-order valence-corrected chi connectivity index (χ3v) is 5.40. The zero-order valence-corrected chi connectivity index (χ0v) is 20.9. The molecule has 162 valence electrons. The van der Waals surface area contributed by atoms with Crippen LogP contribution in [-0.4, -0.2) is 5.11 Å². The first-order valence-electron chi connectivity index (χ1n) is 10.9. The van der Waals surface area contributed by atoms with Gasteiger partial charge in [0.25, 0.3) is 0 Å². The Bertz CT molecular complexity index is 863. The molecule has 0 saturated carbocycles. The lowest BCUT2D eigenvalue weighted by Gasteiger charge is -2.18. The molecule has 2 aromatic carbocycles. The molecule has 1 nitrogen and oxygen atoms in total. The number of benzene rings is 2. The molecule has 0 bridgehead atoms. The van der Waals surface area contributed by atoms with Crippen molar-refractivity contribution in [2.45, 2.75) is 72.8 Å². The molecule has 0 amide bonds. The zero-order chi connectivity index (χ0) is 21.3. The van der Waals surface area contributed by atoms with E-state index >= 15 is 0 Å². The van der Waals surface area contributed by atoms with Crippen LogP contribution in [0.25, 0.3) is 0 Å². The summed E-state index contributed by atoms with van der Waals surface area (Å²) in [5.74, 6) is 6.19. The molecule has 1 aliphatic carbocycles. The van der Waals surface area contributed by atoms with Gasteiger partial charge in [-0.05, 0) is 41.4 Å². The Labute approximate surface area is 187 Å². The van der Waals surface area contributed by atoms with Gasteiger partial charge in [-0.2, -0.15) is 9.90 Å². The second kappa shape index (κ2) is 12.7. The molecule has 1 N–H and O–H groups in total. The molecule has 2 heteroatoms. The quantitative estimate of drug-likeness (QED) is 0.372. The predicted octanol–water partition coefficient (Wildman–Crippen LogP) is 7.12. The number of aryl methyl sites for hydroxylation is 2. The van der Waals surface area contributed by atoms with E-state index in [9.17, 15) is 5.11 Å². The maximum atomic E-state index is 10.5. The first-order valence-corrected chi connectivity index (χ1v) is 10.9. The molecule has 1 aliphatic rings. The summed E-state index contributed by atoms with van der Waals surface area (Å²) in [5.41, 5.74) is 6.30. The fourth-order valence-corrected chi connectivity index (χ4v) is 3.03. The van der Waals surface area contributed by atoms with Crippen molar-refractivity contribution >= 4 is 9.90 Å². The molecule has 0 fully saturated rings. The molecule has 0 aliphatic heterocycles. The largest absolute Gasteiger partial charge is 0.383 e. The van der Waals surface area contributed by atoms with Crippen molar-refractivity contribution in [3.63, 3.8) is 0 Å². The predicted molar refractivity (Wildman–Crippen MR) is 136 cm³/mol. The van der Waals surface area contributed by atoms with E-state index in [0.29, 0.717) is 5.41 Å². The minimum atomic E-state index is -0.585. The molecule has 0 heterocycles.